The van der Waals surface area contributed by atoms with Crippen LogP contribution in [0.2, 0.25) is 0 Å². The second-order valence-electron chi connectivity index (χ2n) is 6.33. The zero-order valence-electron chi connectivity index (χ0n) is 14.3. The van der Waals surface area contributed by atoms with Gasteiger partial charge in [0.2, 0.25) is 5.91 Å². The fourth-order valence-electron chi connectivity index (χ4n) is 3.38. The summed E-state index contributed by atoms with van der Waals surface area (Å²) in [5.74, 6) is -1.50. The van der Waals surface area contributed by atoms with E-state index < -0.39 is 27.8 Å². The monoisotopic (exact) mass is 373 g/mol. The van der Waals surface area contributed by atoms with Crippen LogP contribution in [-0.4, -0.2) is 43.1 Å². The lowest BCUT2D eigenvalue weighted by Gasteiger charge is -2.35. The van der Waals surface area contributed by atoms with Gasteiger partial charge in [0.05, 0.1) is 11.3 Å². The van der Waals surface area contributed by atoms with Crippen molar-refractivity contribution >= 4 is 21.7 Å². The molecule has 0 spiro atoms. The molecule has 1 amide bonds. The lowest BCUT2D eigenvalue weighted by molar-refractivity contribution is -0.151. The van der Waals surface area contributed by atoms with E-state index in [9.17, 15) is 23.1 Å². The summed E-state index contributed by atoms with van der Waals surface area (Å²) in [6.45, 7) is 0.286. The van der Waals surface area contributed by atoms with E-state index in [0.717, 1.165) is 11.8 Å². The Morgan fingerprint density at radius 3 is 2.46 bits per heavy atom. The molecular formula is C19H19NO5S. The third-order valence-corrected chi connectivity index (χ3v) is 5.75. The Bertz CT molecular complexity index is 967. The highest BCUT2D eigenvalue weighted by molar-refractivity contribution is 7.90. The van der Waals surface area contributed by atoms with Crippen molar-refractivity contribution in [1.82, 2.24) is 4.90 Å². The van der Waals surface area contributed by atoms with E-state index >= 15 is 0 Å². The van der Waals surface area contributed by atoms with Gasteiger partial charge in [0, 0.05) is 12.8 Å². The van der Waals surface area contributed by atoms with Gasteiger partial charge in [0.15, 0.2) is 15.9 Å². The Balaban J connectivity index is 1.93. The first-order valence-electron chi connectivity index (χ1n) is 8.17. The minimum Gasteiger partial charge on any atom is -0.479 e. The highest BCUT2D eigenvalue weighted by Crippen LogP contribution is 2.30. The van der Waals surface area contributed by atoms with E-state index in [2.05, 4.69) is 0 Å². The first-order valence-corrected chi connectivity index (χ1v) is 10.1. The van der Waals surface area contributed by atoms with Crippen molar-refractivity contribution in [2.24, 2.45) is 0 Å². The van der Waals surface area contributed by atoms with Crippen LogP contribution in [0.15, 0.2) is 53.4 Å². The topological polar surface area (TPSA) is 91.8 Å². The minimum atomic E-state index is -3.48. The number of benzene rings is 2. The van der Waals surface area contributed by atoms with Gasteiger partial charge in [-0.15, -0.1) is 0 Å². The van der Waals surface area contributed by atoms with Crippen molar-refractivity contribution in [3.05, 3.63) is 65.2 Å². The Labute approximate surface area is 152 Å². The van der Waals surface area contributed by atoms with Crippen molar-refractivity contribution in [3.63, 3.8) is 0 Å². The Hall–Kier alpha value is -2.67. The van der Waals surface area contributed by atoms with Gasteiger partial charge < -0.3 is 10.0 Å². The molecule has 3 rings (SSSR count). The van der Waals surface area contributed by atoms with Crippen LogP contribution in [-0.2, 0) is 32.3 Å². The van der Waals surface area contributed by atoms with Gasteiger partial charge in [-0.05, 0) is 29.2 Å². The predicted molar refractivity (Wildman–Crippen MR) is 95.5 cm³/mol. The number of carbonyl (C=O) groups excluding carboxylic acids is 1. The molecule has 1 N–H and O–H groups in total. The van der Waals surface area contributed by atoms with Crippen LogP contribution in [0.25, 0.3) is 0 Å². The molecule has 0 aromatic heterocycles. The molecule has 2 aromatic carbocycles. The number of aliphatic carboxylic acids is 1. The van der Waals surface area contributed by atoms with E-state index in [0.29, 0.717) is 17.5 Å². The predicted octanol–water partition coefficient (Wildman–Crippen LogP) is 1.84. The summed E-state index contributed by atoms with van der Waals surface area (Å²) in [5.41, 5.74) is 1.90. The third kappa shape index (κ3) is 3.48. The molecule has 26 heavy (non-hydrogen) atoms. The smallest absolute Gasteiger partial charge is 0.331 e. The number of hydrogen-bond acceptors (Lipinski definition) is 4. The number of nitrogens with zero attached hydrogens (tertiary/aromatic N) is 1. The Morgan fingerprint density at radius 2 is 1.77 bits per heavy atom. The van der Waals surface area contributed by atoms with E-state index in [1.165, 1.54) is 11.0 Å². The molecule has 2 aromatic rings. The highest BCUT2D eigenvalue weighted by Gasteiger charge is 2.35. The molecule has 0 saturated heterocycles. The molecule has 1 atom stereocenters. The van der Waals surface area contributed by atoms with Crippen molar-refractivity contribution < 1.29 is 23.1 Å². The number of sulfone groups is 1. The second kappa shape index (κ2) is 6.92. The normalized spacial score (nSPS) is 16.8. The fraction of sp³-hybridized carbons (Fsp3) is 0.263. The molecule has 1 heterocycles. The molecule has 1 unspecified atom stereocenters. The standard InChI is InChI=1S/C19H19NO5S/c1-26(24,25)16-9-5-3-7-14(16)12-17(21)20-11-10-13-6-2-4-8-15(13)18(20)19(22)23/h2-9,18H,10-12H2,1H3,(H,22,23). The van der Waals surface area contributed by atoms with Gasteiger partial charge in [-0.25, -0.2) is 13.2 Å². The van der Waals surface area contributed by atoms with Gasteiger partial charge in [-0.1, -0.05) is 42.5 Å². The molecule has 0 bridgehead atoms. The maximum Gasteiger partial charge on any atom is 0.331 e. The molecule has 0 aliphatic carbocycles. The Morgan fingerprint density at radius 1 is 1.12 bits per heavy atom. The van der Waals surface area contributed by atoms with Crippen LogP contribution >= 0.6 is 0 Å². The largest absolute Gasteiger partial charge is 0.479 e. The van der Waals surface area contributed by atoms with Gasteiger partial charge in [-0.2, -0.15) is 0 Å². The molecular weight excluding hydrogens is 354 g/mol. The molecule has 136 valence electrons. The number of amides is 1. The highest BCUT2D eigenvalue weighted by atomic mass is 32.2. The average molecular weight is 373 g/mol. The van der Waals surface area contributed by atoms with E-state index in [1.807, 2.05) is 12.1 Å². The van der Waals surface area contributed by atoms with Crippen LogP contribution in [0.1, 0.15) is 22.7 Å². The van der Waals surface area contributed by atoms with Crippen molar-refractivity contribution in [1.29, 1.82) is 0 Å². The van der Waals surface area contributed by atoms with Gasteiger partial charge in [0.1, 0.15) is 0 Å². The van der Waals surface area contributed by atoms with Crippen molar-refractivity contribution in [3.8, 4) is 0 Å². The van der Waals surface area contributed by atoms with Crippen molar-refractivity contribution in [2.45, 2.75) is 23.8 Å². The summed E-state index contributed by atoms with van der Waals surface area (Å²) in [6, 6.07) is 12.4. The summed E-state index contributed by atoms with van der Waals surface area (Å²) in [7, 11) is -3.48. The molecule has 1 aliphatic rings. The van der Waals surface area contributed by atoms with E-state index in [-0.39, 0.29) is 17.9 Å². The fourth-order valence-corrected chi connectivity index (χ4v) is 4.32. The van der Waals surface area contributed by atoms with Crippen LogP contribution < -0.4 is 0 Å². The lowest BCUT2D eigenvalue weighted by Crippen LogP contribution is -2.44. The number of carbonyl (C=O) groups is 2. The number of carboxylic acids is 1. The quantitative estimate of drug-likeness (QED) is 0.883. The molecule has 0 radical (unpaired) electrons. The minimum absolute atomic E-state index is 0.0950. The molecule has 1 aliphatic heterocycles. The van der Waals surface area contributed by atoms with Crippen LogP contribution in [0.3, 0.4) is 0 Å². The summed E-state index contributed by atoms with van der Waals surface area (Å²) in [4.78, 5) is 26.1. The zero-order valence-corrected chi connectivity index (χ0v) is 15.1. The van der Waals surface area contributed by atoms with E-state index in [1.54, 1.807) is 30.3 Å². The first kappa shape index (κ1) is 18.1. The summed E-state index contributed by atoms with van der Waals surface area (Å²) in [5, 5.41) is 9.66. The van der Waals surface area contributed by atoms with Crippen LogP contribution in [0, 0.1) is 0 Å². The average Bonchev–Trinajstić information content (AvgIpc) is 2.60. The zero-order chi connectivity index (χ0) is 18.9. The maximum atomic E-state index is 12.8. The lowest BCUT2D eigenvalue weighted by atomic mass is 9.92. The second-order valence-corrected chi connectivity index (χ2v) is 8.32. The first-order chi connectivity index (χ1) is 12.3. The van der Waals surface area contributed by atoms with E-state index in [4.69, 9.17) is 0 Å². The molecule has 7 heteroatoms. The SMILES string of the molecule is CS(=O)(=O)c1ccccc1CC(=O)N1CCc2ccccc2C1C(=O)O. The van der Waals surface area contributed by atoms with Crippen molar-refractivity contribution in [2.75, 3.05) is 12.8 Å². The molecule has 6 nitrogen and oxygen atoms in total. The molecule has 0 fully saturated rings. The van der Waals surface area contributed by atoms with Crippen LogP contribution in [0.5, 0.6) is 0 Å². The maximum absolute atomic E-state index is 12.8. The summed E-state index contributed by atoms with van der Waals surface area (Å²) < 4.78 is 23.9. The van der Waals surface area contributed by atoms with Gasteiger partial charge in [-0.3, -0.25) is 4.79 Å². The summed E-state index contributed by atoms with van der Waals surface area (Å²) >= 11 is 0. The number of carboxylic acid groups (broad SMARTS) is 1. The van der Waals surface area contributed by atoms with Gasteiger partial charge in [0.25, 0.3) is 0 Å². The van der Waals surface area contributed by atoms with Crippen LogP contribution in [0.4, 0.5) is 0 Å². The Kier molecular flexibility index (Phi) is 4.82. The van der Waals surface area contributed by atoms with Gasteiger partial charge >= 0.3 is 5.97 Å². The number of rotatable bonds is 4. The number of fused-ring (bicyclic) bond motifs is 1. The third-order valence-electron chi connectivity index (χ3n) is 4.55. The number of hydrogen-bond donors (Lipinski definition) is 1. The summed E-state index contributed by atoms with van der Waals surface area (Å²) in [6.07, 6.45) is 1.50. The molecule has 0 saturated carbocycles.